The second-order valence-electron chi connectivity index (χ2n) is 7.72. The predicted molar refractivity (Wildman–Crippen MR) is 144 cm³/mol. The van der Waals surface area contributed by atoms with E-state index >= 15 is 0 Å². The number of hydrogen-bond donors (Lipinski definition) is 5. The van der Waals surface area contributed by atoms with Crippen LogP contribution >= 0.6 is 0 Å². The van der Waals surface area contributed by atoms with Gasteiger partial charge in [0.25, 0.3) is 20.2 Å². The molecule has 0 saturated heterocycles. The minimum absolute atomic E-state index is 0.0227. The third-order valence-corrected chi connectivity index (χ3v) is 6.98. The molecular formula is C24H22N6O6S2. The lowest BCUT2D eigenvalue weighted by atomic mass is 10.1. The van der Waals surface area contributed by atoms with Crippen LogP contribution in [0.3, 0.4) is 0 Å². The van der Waals surface area contributed by atoms with Crippen LogP contribution in [0.25, 0.3) is 12.2 Å². The fraction of sp³-hybridized carbons (Fsp3) is 0.0417. The first-order valence-electron chi connectivity index (χ1n) is 10.9. The maximum absolute atomic E-state index is 12.4. The van der Waals surface area contributed by atoms with Gasteiger partial charge in [0.2, 0.25) is 17.8 Å². The molecule has 4 rings (SSSR count). The van der Waals surface area contributed by atoms with Crippen LogP contribution in [0.4, 0.5) is 29.2 Å². The Morgan fingerprint density at radius 2 is 1.24 bits per heavy atom. The van der Waals surface area contributed by atoms with E-state index in [0.717, 1.165) is 0 Å². The highest BCUT2D eigenvalue weighted by Crippen LogP contribution is 2.30. The molecule has 38 heavy (non-hydrogen) atoms. The van der Waals surface area contributed by atoms with Gasteiger partial charge in [-0.1, -0.05) is 60.7 Å². The Balaban J connectivity index is 1.74. The van der Waals surface area contributed by atoms with Gasteiger partial charge in [-0.05, 0) is 35.4 Å². The topological polar surface area (TPSA) is 184 Å². The Hall–Kier alpha value is -4.37. The van der Waals surface area contributed by atoms with Crippen molar-refractivity contribution in [2.45, 2.75) is 9.79 Å². The first kappa shape index (κ1) is 26.7. The minimum Gasteiger partial charge on any atom is -0.357 e. The molecule has 0 aliphatic rings. The number of nitrogens with zero attached hydrogens (tertiary/aromatic N) is 3. The fourth-order valence-corrected chi connectivity index (χ4v) is 4.99. The van der Waals surface area contributed by atoms with E-state index in [2.05, 4.69) is 30.9 Å². The van der Waals surface area contributed by atoms with Gasteiger partial charge in [-0.15, -0.1) is 0 Å². The molecule has 0 aliphatic heterocycles. The van der Waals surface area contributed by atoms with Crippen molar-refractivity contribution in [1.82, 2.24) is 15.0 Å². The van der Waals surface area contributed by atoms with Gasteiger partial charge in [-0.2, -0.15) is 31.8 Å². The molecule has 5 N–H and O–H groups in total. The van der Waals surface area contributed by atoms with E-state index in [1.165, 1.54) is 48.6 Å². The molecule has 0 fully saturated rings. The molecule has 3 aromatic carbocycles. The summed E-state index contributed by atoms with van der Waals surface area (Å²) in [7, 11) is -7.71. The Kier molecular flexibility index (Phi) is 7.68. The van der Waals surface area contributed by atoms with Crippen LogP contribution in [0.1, 0.15) is 11.1 Å². The average Bonchev–Trinajstić information content (AvgIpc) is 2.87. The predicted octanol–water partition coefficient (Wildman–Crippen LogP) is 4.06. The molecule has 0 amide bonds. The molecule has 0 radical (unpaired) electrons. The van der Waals surface area contributed by atoms with Gasteiger partial charge in [0.1, 0.15) is 9.79 Å². The standard InChI is InChI=1S/C24H22N6O6S2/c1-25-22-28-23(26-18-10-3-2-4-11-18)30-24(29-22)27-19-12-7-9-17(21(19)38(34,35)36)15-14-16-8-5-6-13-20(16)37(31,32)33/h2-15H,1H3,(H,31,32,33)(H,34,35,36)(H3,25,26,27,28,29,30). The number of anilines is 5. The molecule has 0 saturated carbocycles. The summed E-state index contributed by atoms with van der Waals surface area (Å²) < 4.78 is 67.7. The van der Waals surface area contributed by atoms with Gasteiger partial charge < -0.3 is 16.0 Å². The fourth-order valence-electron chi connectivity index (χ4n) is 3.48. The van der Waals surface area contributed by atoms with Gasteiger partial charge in [0.15, 0.2) is 0 Å². The molecule has 12 nitrogen and oxygen atoms in total. The number of rotatable bonds is 9. The van der Waals surface area contributed by atoms with Crippen LogP contribution < -0.4 is 16.0 Å². The van der Waals surface area contributed by atoms with Crippen LogP contribution in [-0.4, -0.2) is 47.9 Å². The van der Waals surface area contributed by atoms with Crippen molar-refractivity contribution in [3.8, 4) is 0 Å². The largest absolute Gasteiger partial charge is 0.357 e. The second-order valence-corrected chi connectivity index (χ2v) is 10.5. The van der Waals surface area contributed by atoms with E-state index < -0.39 is 25.1 Å². The number of para-hydroxylation sites is 1. The van der Waals surface area contributed by atoms with Crippen LogP contribution in [0.2, 0.25) is 0 Å². The summed E-state index contributed by atoms with van der Waals surface area (Å²) in [6.45, 7) is 0. The number of benzene rings is 3. The average molecular weight is 555 g/mol. The lowest BCUT2D eigenvalue weighted by molar-refractivity contribution is 0.481. The SMILES string of the molecule is CNc1nc(Nc2ccccc2)nc(Nc2cccc(C=Cc3ccccc3S(=O)(=O)O)c2S(=O)(=O)O)n1. The number of nitrogens with one attached hydrogen (secondary N) is 3. The van der Waals surface area contributed by atoms with Gasteiger partial charge in [0.05, 0.1) is 5.69 Å². The molecule has 0 spiro atoms. The lowest BCUT2D eigenvalue weighted by Crippen LogP contribution is -2.10. The minimum atomic E-state index is -4.79. The molecule has 0 unspecified atom stereocenters. The van der Waals surface area contributed by atoms with Crippen LogP contribution in [0.15, 0.2) is 82.6 Å². The number of hydrogen-bond acceptors (Lipinski definition) is 10. The summed E-state index contributed by atoms with van der Waals surface area (Å²) >= 11 is 0. The summed E-state index contributed by atoms with van der Waals surface area (Å²) in [4.78, 5) is 11.9. The highest BCUT2D eigenvalue weighted by molar-refractivity contribution is 7.86. The zero-order chi connectivity index (χ0) is 27.3. The van der Waals surface area contributed by atoms with E-state index in [0.29, 0.717) is 5.69 Å². The highest BCUT2D eigenvalue weighted by Gasteiger charge is 2.21. The molecular weight excluding hydrogens is 532 g/mol. The van der Waals surface area contributed by atoms with Crippen molar-refractivity contribution in [2.24, 2.45) is 0 Å². The zero-order valence-electron chi connectivity index (χ0n) is 19.8. The first-order valence-corrected chi connectivity index (χ1v) is 13.8. The van der Waals surface area contributed by atoms with Crippen LogP contribution in [-0.2, 0) is 20.2 Å². The van der Waals surface area contributed by atoms with E-state index in [4.69, 9.17) is 0 Å². The Morgan fingerprint density at radius 3 is 1.89 bits per heavy atom. The molecule has 1 heterocycles. The summed E-state index contributed by atoms with van der Waals surface area (Å²) in [5, 5.41) is 8.63. The van der Waals surface area contributed by atoms with Gasteiger partial charge >= 0.3 is 0 Å². The molecule has 0 atom stereocenters. The molecule has 196 valence electrons. The van der Waals surface area contributed by atoms with Crippen molar-refractivity contribution in [2.75, 3.05) is 23.0 Å². The van der Waals surface area contributed by atoms with Crippen LogP contribution in [0.5, 0.6) is 0 Å². The van der Waals surface area contributed by atoms with Crippen molar-refractivity contribution in [3.05, 3.63) is 83.9 Å². The third kappa shape index (κ3) is 6.49. The summed E-state index contributed by atoms with van der Waals surface area (Å²) in [5.41, 5.74) is 0.815. The van der Waals surface area contributed by atoms with Crippen molar-refractivity contribution >= 4 is 61.6 Å². The maximum atomic E-state index is 12.4. The normalized spacial score (nSPS) is 11.9. The van der Waals surface area contributed by atoms with Crippen LogP contribution in [0, 0.1) is 0 Å². The summed E-state index contributed by atoms with van der Waals surface area (Å²) in [6.07, 6.45) is 2.61. The van der Waals surface area contributed by atoms with Gasteiger partial charge in [-0.3, -0.25) is 9.11 Å². The first-order chi connectivity index (χ1) is 18.0. The molecule has 14 heteroatoms. The van der Waals surface area contributed by atoms with E-state index in [1.54, 1.807) is 13.1 Å². The van der Waals surface area contributed by atoms with Crippen molar-refractivity contribution in [1.29, 1.82) is 0 Å². The summed E-state index contributed by atoms with van der Waals surface area (Å²) in [5.74, 6) is 0.335. The van der Waals surface area contributed by atoms with Crippen molar-refractivity contribution in [3.63, 3.8) is 0 Å². The zero-order valence-corrected chi connectivity index (χ0v) is 21.4. The van der Waals surface area contributed by atoms with E-state index in [-0.39, 0.29) is 39.6 Å². The molecule has 4 aromatic rings. The molecule has 1 aromatic heterocycles. The maximum Gasteiger partial charge on any atom is 0.297 e. The second kappa shape index (κ2) is 10.9. The lowest BCUT2D eigenvalue weighted by Gasteiger charge is -2.13. The van der Waals surface area contributed by atoms with E-state index in [9.17, 15) is 25.9 Å². The van der Waals surface area contributed by atoms with Gasteiger partial charge in [-0.25, -0.2) is 0 Å². The van der Waals surface area contributed by atoms with Gasteiger partial charge in [0, 0.05) is 12.7 Å². The van der Waals surface area contributed by atoms with Crippen molar-refractivity contribution < 1.29 is 25.9 Å². The Bertz CT molecular complexity index is 1710. The summed E-state index contributed by atoms with van der Waals surface area (Å²) in [6, 6.07) is 19.1. The van der Waals surface area contributed by atoms with E-state index in [1.807, 2.05) is 30.3 Å². The monoisotopic (exact) mass is 554 g/mol. The Morgan fingerprint density at radius 1 is 0.658 bits per heavy atom. The smallest absolute Gasteiger partial charge is 0.297 e. The highest BCUT2D eigenvalue weighted by atomic mass is 32.2. The quantitative estimate of drug-likeness (QED) is 0.148. The number of aromatic nitrogens is 3. The molecule has 0 aliphatic carbocycles. The Labute approximate surface area is 219 Å². The third-order valence-electron chi connectivity index (χ3n) is 5.08. The molecule has 0 bridgehead atoms.